The lowest BCUT2D eigenvalue weighted by Crippen LogP contribution is -2.52. The molecule has 6 heteroatoms. The van der Waals surface area contributed by atoms with E-state index in [1.807, 2.05) is 7.05 Å². The highest BCUT2D eigenvalue weighted by atomic mass is 19.4. The highest BCUT2D eigenvalue weighted by molar-refractivity contribution is 5.77. The van der Waals surface area contributed by atoms with Gasteiger partial charge in [-0.05, 0) is 31.7 Å². The molecule has 0 aromatic rings. The number of carbonyl (C=O) groups is 1. The SMILES string of the molecule is CN1C[C@H]2CC[C@@H](C1)C2N(C)C(=O)CC(F)(F)F. The topological polar surface area (TPSA) is 23.6 Å². The Kier molecular flexibility index (Phi) is 3.58. The molecule has 2 fully saturated rings. The zero-order chi connectivity index (χ0) is 13.5. The van der Waals surface area contributed by atoms with Gasteiger partial charge in [-0.25, -0.2) is 0 Å². The number of rotatable bonds is 2. The Morgan fingerprint density at radius 2 is 1.78 bits per heavy atom. The zero-order valence-corrected chi connectivity index (χ0v) is 10.7. The maximum Gasteiger partial charge on any atom is 0.397 e. The van der Waals surface area contributed by atoms with Crippen molar-refractivity contribution in [1.82, 2.24) is 9.80 Å². The van der Waals surface area contributed by atoms with Crippen LogP contribution >= 0.6 is 0 Å². The number of fused-ring (bicyclic) bond motifs is 2. The summed E-state index contributed by atoms with van der Waals surface area (Å²) in [7, 11) is 3.55. The van der Waals surface area contributed by atoms with E-state index < -0.39 is 18.5 Å². The van der Waals surface area contributed by atoms with Crippen LogP contribution in [-0.2, 0) is 4.79 Å². The number of alkyl halides is 3. The van der Waals surface area contributed by atoms with E-state index in [-0.39, 0.29) is 6.04 Å². The Bertz CT molecular complexity index is 318. The van der Waals surface area contributed by atoms with Gasteiger partial charge in [-0.15, -0.1) is 0 Å². The molecule has 0 N–H and O–H groups in total. The second kappa shape index (κ2) is 4.72. The minimum Gasteiger partial charge on any atom is -0.342 e. The van der Waals surface area contributed by atoms with E-state index >= 15 is 0 Å². The van der Waals surface area contributed by atoms with Gasteiger partial charge in [0.25, 0.3) is 0 Å². The summed E-state index contributed by atoms with van der Waals surface area (Å²) in [6.07, 6.45) is -3.71. The Hall–Kier alpha value is -0.780. The van der Waals surface area contributed by atoms with Gasteiger partial charge in [-0.1, -0.05) is 0 Å². The molecule has 18 heavy (non-hydrogen) atoms. The molecule has 1 saturated carbocycles. The second-order valence-corrected chi connectivity index (χ2v) is 5.61. The minimum absolute atomic E-state index is 0.00366. The van der Waals surface area contributed by atoms with E-state index in [2.05, 4.69) is 4.90 Å². The molecular formula is C12H19F3N2O. The quantitative estimate of drug-likeness (QED) is 0.758. The Morgan fingerprint density at radius 3 is 2.22 bits per heavy atom. The number of carbonyl (C=O) groups excluding carboxylic acids is 1. The highest BCUT2D eigenvalue weighted by Crippen LogP contribution is 2.39. The molecule has 1 unspecified atom stereocenters. The van der Waals surface area contributed by atoms with Crippen LogP contribution in [0.5, 0.6) is 0 Å². The Morgan fingerprint density at radius 1 is 1.28 bits per heavy atom. The fourth-order valence-corrected chi connectivity index (χ4v) is 3.52. The van der Waals surface area contributed by atoms with Gasteiger partial charge in [-0.3, -0.25) is 4.79 Å². The first kappa shape index (κ1) is 13.6. The van der Waals surface area contributed by atoms with Gasteiger partial charge in [0.05, 0.1) is 0 Å². The third-order valence-electron chi connectivity index (χ3n) is 4.16. The van der Waals surface area contributed by atoms with E-state index in [9.17, 15) is 18.0 Å². The maximum absolute atomic E-state index is 12.2. The summed E-state index contributed by atoms with van der Waals surface area (Å²) in [5.74, 6) is -0.138. The Balaban J connectivity index is 2.01. The summed E-state index contributed by atoms with van der Waals surface area (Å²) < 4.78 is 36.7. The van der Waals surface area contributed by atoms with Crippen LogP contribution in [0.3, 0.4) is 0 Å². The van der Waals surface area contributed by atoms with E-state index in [0.29, 0.717) is 11.8 Å². The molecule has 1 amide bonds. The standard InChI is InChI=1S/C12H19F3N2O/c1-16-6-8-3-4-9(7-16)11(8)17(2)10(18)5-12(13,14)15/h8-9,11H,3-7H2,1-2H3/t8-,9+,11?. The van der Waals surface area contributed by atoms with Crippen LogP contribution in [0.25, 0.3) is 0 Å². The smallest absolute Gasteiger partial charge is 0.342 e. The van der Waals surface area contributed by atoms with Crippen molar-refractivity contribution < 1.29 is 18.0 Å². The van der Waals surface area contributed by atoms with Crippen molar-refractivity contribution in [2.24, 2.45) is 11.8 Å². The molecule has 0 aromatic carbocycles. The van der Waals surface area contributed by atoms with Crippen LogP contribution in [0.2, 0.25) is 0 Å². The van der Waals surface area contributed by atoms with Crippen molar-refractivity contribution in [2.75, 3.05) is 27.2 Å². The van der Waals surface area contributed by atoms with E-state index in [0.717, 1.165) is 25.9 Å². The zero-order valence-electron chi connectivity index (χ0n) is 10.7. The van der Waals surface area contributed by atoms with Crippen molar-refractivity contribution in [3.05, 3.63) is 0 Å². The molecule has 2 aliphatic rings. The molecule has 1 saturated heterocycles. The normalized spacial score (nSPS) is 32.6. The van der Waals surface area contributed by atoms with Gasteiger partial charge in [0.1, 0.15) is 6.42 Å². The predicted molar refractivity (Wildman–Crippen MR) is 60.9 cm³/mol. The highest BCUT2D eigenvalue weighted by Gasteiger charge is 2.45. The molecule has 104 valence electrons. The molecule has 3 nitrogen and oxygen atoms in total. The third-order valence-corrected chi connectivity index (χ3v) is 4.16. The van der Waals surface area contributed by atoms with Crippen LogP contribution in [0.1, 0.15) is 19.3 Å². The van der Waals surface area contributed by atoms with Crippen LogP contribution in [0.4, 0.5) is 13.2 Å². The van der Waals surface area contributed by atoms with Crippen molar-refractivity contribution in [3.8, 4) is 0 Å². The predicted octanol–water partition coefficient (Wildman–Crippen LogP) is 1.74. The summed E-state index contributed by atoms with van der Waals surface area (Å²) in [5.41, 5.74) is 0. The first-order valence-electron chi connectivity index (χ1n) is 6.29. The fraction of sp³-hybridized carbons (Fsp3) is 0.917. The maximum atomic E-state index is 12.2. The number of likely N-dealkylation sites (tertiary alicyclic amines) is 1. The summed E-state index contributed by atoms with van der Waals surface area (Å²) in [6, 6.07) is -0.00366. The molecule has 1 aliphatic heterocycles. The van der Waals surface area contributed by atoms with Crippen LogP contribution in [0, 0.1) is 11.8 Å². The number of hydrogen-bond acceptors (Lipinski definition) is 2. The molecule has 2 bridgehead atoms. The molecule has 1 heterocycles. The number of hydrogen-bond donors (Lipinski definition) is 0. The third kappa shape index (κ3) is 2.79. The lowest BCUT2D eigenvalue weighted by Gasteiger charge is -2.41. The van der Waals surface area contributed by atoms with Gasteiger partial charge in [0, 0.05) is 26.2 Å². The summed E-state index contributed by atoms with van der Waals surface area (Å²) in [5, 5.41) is 0. The lowest BCUT2D eigenvalue weighted by molar-refractivity contribution is -0.163. The van der Waals surface area contributed by atoms with Gasteiger partial charge in [-0.2, -0.15) is 13.2 Å². The van der Waals surface area contributed by atoms with Crippen molar-refractivity contribution >= 4 is 5.91 Å². The van der Waals surface area contributed by atoms with Gasteiger partial charge < -0.3 is 9.80 Å². The minimum atomic E-state index is -4.41. The molecule has 2 rings (SSSR count). The van der Waals surface area contributed by atoms with Crippen LogP contribution in [-0.4, -0.2) is 55.1 Å². The second-order valence-electron chi connectivity index (χ2n) is 5.61. The first-order chi connectivity index (χ1) is 8.28. The van der Waals surface area contributed by atoms with E-state index in [1.165, 1.54) is 11.9 Å². The fourth-order valence-electron chi connectivity index (χ4n) is 3.52. The molecule has 0 aromatic heterocycles. The molecule has 1 aliphatic carbocycles. The number of piperidine rings is 1. The van der Waals surface area contributed by atoms with Crippen LogP contribution < -0.4 is 0 Å². The number of halogens is 3. The summed E-state index contributed by atoms with van der Waals surface area (Å²) in [6.45, 7) is 1.76. The molecule has 0 spiro atoms. The molecule has 0 radical (unpaired) electrons. The first-order valence-corrected chi connectivity index (χ1v) is 6.29. The average Bonchev–Trinajstić information content (AvgIpc) is 2.47. The van der Waals surface area contributed by atoms with E-state index in [1.54, 1.807) is 0 Å². The Labute approximate surface area is 105 Å². The van der Waals surface area contributed by atoms with Gasteiger partial charge >= 0.3 is 6.18 Å². The lowest BCUT2D eigenvalue weighted by atomic mass is 9.91. The van der Waals surface area contributed by atoms with Crippen LogP contribution in [0.15, 0.2) is 0 Å². The monoisotopic (exact) mass is 264 g/mol. The van der Waals surface area contributed by atoms with Crippen molar-refractivity contribution in [3.63, 3.8) is 0 Å². The van der Waals surface area contributed by atoms with Gasteiger partial charge in [0.15, 0.2) is 0 Å². The van der Waals surface area contributed by atoms with Crippen molar-refractivity contribution in [2.45, 2.75) is 31.5 Å². The van der Waals surface area contributed by atoms with Gasteiger partial charge in [0.2, 0.25) is 5.91 Å². The number of amides is 1. The molecular weight excluding hydrogens is 245 g/mol. The van der Waals surface area contributed by atoms with E-state index in [4.69, 9.17) is 0 Å². The molecule has 3 atom stereocenters. The summed E-state index contributed by atoms with van der Waals surface area (Å²) >= 11 is 0. The number of nitrogens with zero attached hydrogens (tertiary/aromatic N) is 2. The largest absolute Gasteiger partial charge is 0.397 e. The average molecular weight is 264 g/mol. The summed E-state index contributed by atoms with van der Waals surface area (Å²) in [4.78, 5) is 15.2. The van der Waals surface area contributed by atoms with Crippen molar-refractivity contribution in [1.29, 1.82) is 0 Å².